The van der Waals surface area contributed by atoms with Crippen molar-refractivity contribution in [2.24, 2.45) is 5.10 Å². The maximum atomic E-state index is 11.7. The molecule has 158 valence electrons. The molecule has 0 radical (unpaired) electrons. The summed E-state index contributed by atoms with van der Waals surface area (Å²) in [4.78, 5) is 13.0. The lowest BCUT2D eigenvalue weighted by Gasteiger charge is -2.30. The number of nitrogens with zero attached hydrogens (tertiary/aromatic N) is 6. The van der Waals surface area contributed by atoms with Gasteiger partial charge in [0.25, 0.3) is 0 Å². The van der Waals surface area contributed by atoms with E-state index in [1.54, 1.807) is 12.5 Å². The molecular formula is C19H22ClN7O2S. The van der Waals surface area contributed by atoms with E-state index in [0.29, 0.717) is 42.9 Å². The van der Waals surface area contributed by atoms with Crippen molar-refractivity contribution in [3.8, 4) is 0 Å². The Hall–Kier alpha value is -2.56. The second-order valence-corrected chi connectivity index (χ2v) is 9.66. The minimum absolute atomic E-state index is 0.0858. The molecular weight excluding hydrogens is 426 g/mol. The molecule has 1 aliphatic rings. The van der Waals surface area contributed by atoms with Gasteiger partial charge in [0, 0.05) is 19.1 Å². The third-order valence-electron chi connectivity index (χ3n) is 5.11. The molecule has 2 aromatic heterocycles. The van der Waals surface area contributed by atoms with E-state index >= 15 is 0 Å². The topological polar surface area (TPSA) is 105 Å². The number of rotatable bonds is 5. The van der Waals surface area contributed by atoms with Crippen LogP contribution in [0, 0.1) is 6.92 Å². The van der Waals surface area contributed by atoms with Crippen LogP contribution in [-0.2, 0) is 10.0 Å². The number of hydrazone groups is 1. The van der Waals surface area contributed by atoms with Crippen LogP contribution in [0.15, 0.2) is 35.7 Å². The van der Waals surface area contributed by atoms with Crippen LogP contribution < -0.4 is 5.43 Å². The third-order valence-corrected chi connectivity index (χ3v) is 6.58. The summed E-state index contributed by atoms with van der Waals surface area (Å²) in [5.74, 6) is 0.418. The summed E-state index contributed by atoms with van der Waals surface area (Å²) in [7, 11) is -3.17. The van der Waals surface area contributed by atoms with Crippen molar-refractivity contribution in [2.75, 3.05) is 24.8 Å². The Bertz CT molecular complexity index is 1200. The third kappa shape index (κ3) is 4.45. The number of anilines is 1. The molecule has 1 aliphatic heterocycles. The van der Waals surface area contributed by atoms with Crippen molar-refractivity contribution in [1.82, 2.24) is 23.8 Å². The quantitative estimate of drug-likeness (QED) is 0.366. The van der Waals surface area contributed by atoms with E-state index in [0.717, 1.165) is 11.1 Å². The zero-order valence-electron chi connectivity index (χ0n) is 16.7. The van der Waals surface area contributed by atoms with Gasteiger partial charge >= 0.3 is 0 Å². The number of imidazole rings is 1. The van der Waals surface area contributed by atoms with Crippen LogP contribution in [0.4, 0.5) is 5.82 Å². The Balaban J connectivity index is 1.56. The first-order chi connectivity index (χ1) is 14.3. The first-order valence-corrected chi connectivity index (χ1v) is 11.7. The first kappa shape index (κ1) is 20.7. The van der Waals surface area contributed by atoms with Gasteiger partial charge in [-0.3, -0.25) is 5.43 Å². The van der Waals surface area contributed by atoms with Crippen molar-refractivity contribution in [3.05, 3.63) is 47.0 Å². The van der Waals surface area contributed by atoms with Crippen LogP contribution in [-0.4, -0.2) is 57.8 Å². The van der Waals surface area contributed by atoms with Crippen molar-refractivity contribution >= 4 is 44.8 Å². The normalized spacial score (nSPS) is 16.5. The van der Waals surface area contributed by atoms with Gasteiger partial charge in [0.1, 0.15) is 0 Å². The monoisotopic (exact) mass is 447 g/mol. The highest BCUT2D eigenvalue weighted by Crippen LogP contribution is 2.29. The number of aryl methyl sites for hydroxylation is 1. The van der Waals surface area contributed by atoms with Gasteiger partial charge in [-0.05, 0) is 36.9 Å². The Morgan fingerprint density at radius 2 is 2.03 bits per heavy atom. The van der Waals surface area contributed by atoms with Gasteiger partial charge in [-0.2, -0.15) is 15.1 Å². The molecule has 4 rings (SSSR count). The maximum absolute atomic E-state index is 11.7. The summed E-state index contributed by atoms with van der Waals surface area (Å²) in [5, 5.41) is 4.35. The summed E-state index contributed by atoms with van der Waals surface area (Å²) >= 11 is 6.15. The summed E-state index contributed by atoms with van der Waals surface area (Å²) in [6, 6.07) is 8.05. The Morgan fingerprint density at radius 1 is 1.27 bits per heavy atom. The smallest absolute Gasteiger partial charge is 0.226 e. The van der Waals surface area contributed by atoms with Gasteiger partial charge in [0.2, 0.25) is 15.3 Å². The number of piperidine rings is 1. The molecule has 3 aromatic rings. The average molecular weight is 448 g/mol. The molecule has 0 saturated carbocycles. The first-order valence-electron chi connectivity index (χ1n) is 9.52. The number of hydrogen-bond acceptors (Lipinski definition) is 7. The van der Waals surface area contributed by atoms with Crippen LogP contribution in [0.2, 0.25) is 5.28 Å². The highest BCUT2D eigenvalue weighted by atomic mass is 35.5. The van der Waals surface area contributed by atoms with E-state index in [2.05, 4.69) is 25.5 Å². The molecule has 0 bridgehead atoms. The molecule has 1 saturated heterocycles. The molecule has 0 unspecified atom stereocenters. The number of hydrogen-bond donors (Lipinski definition) is 1. The minimum Gasteiger partial charge on any atom is -0.312 e. The van der Waals surface area contributed by atoms with Crippen molar-refractivity contribution < 1.29 is 8.42 Å². The van der Waals surface area contributed by atoms with E-state index in [1.807, 2.05) is 35.8 Å². The second-order valence-electron chi connectivity index (χ2n) is 7.34. The fourth-order valence-corrected chi connectivity index (χ4v) is 4.64. The summed E-state index contributed by atoms with van der Waals surface area (Å²) in [5.41, 5.74) is 6.18. The zero-order chi connectivity index (χ0) is 21.3. The summed E-state index contributed by atoms with van der Waals surface area (Å²) in [6.07, 6.45) is 5.99. The molecule has 3 heterocycles. The van der Waals surface area contributed by atoms with E-state index in [9.17, 15) is 8.42 Å². The highest BCUT2D eigenvalue weighted by Gasteiger charge is 2.27. The molecule has 0 aliphatic carbocycles. The molecule has 1 fully saturated rings. The van der Waals surface area contributed by atoms with Crippen molar-refractivity contribution in [3.63, 3.8) is 0 Å². The lowest BCUT2D eigenvalue weighted by Crippen LogP contribution is -2.38. The van der Waals surface area contributed by atoms with Gasteiger partial charge in [-0.15, -0.1) is 0 Å². The fourth-order valence-electron chi connectivity index (χ4n) is 3.61. The van der Waals surface area contributed by atoms with E-state index in [-0.39, 0.29) is 11.3 Å². The summed E-state index contributed by atoms with van der Waals surface area (Å²) in [6.45, 7) is 2.95. The van der Waals surface area contributed by atoms with Gasteiger partial charge in [-0.1, -0.05) is 29.8 Å². The number of sulfonamides is 1. The van der Waals surface area contributed by atoms with Crippen molar-refractivity contribution in [2.45, 2.75) is 25.8 Å². The molecule has 11 heteroatoms. The lowest BCUT2D eigenvalue weighted by atomic mass is 10.1. The number of nitrogens with one attached hydrogen (secondary N) is 1. The zero-order valence-corrected chi connectivity index (χ0v) is 18.2. The number of aromatic nitrogens is 4. The molecule has 0 amide bonds. The second kappa shape index (κ2) is 8.29. The van der Waals surface area contributed by atoms with Gasteiger partial charge in [0.05, 0.1) is 18.8 Å². The highest BCUT2D eigenvalue weighted by molar-refractivity contribution is 7.88. The molecule has 30 heavy (non-hydrogen) atoms. The Kier molecular flexibility index (Phi) is 5.72. The van der Waals surface area contributed by atoms with Gasteiger partial charge in [-0.25, -0.2) is 17.7 Å². The molecule has 0 atom stereocenters. The summed E-state index contributed by atoms with van der Waals surface area (Å²) < 4.78 is 26.9. The van der Waals surface area contributed by atoms with Gasteiger partial charge in [0.15, 0.2) is 17.0 Å². The fraction of sp³-hybridized carbons (Fsp3) is 0.368. The largest absolute Gasteiger partial charge is 0.312 e. The standard InChI is InChI=1S/C19H22ClN7O2S/c1-13-4-3-5-14(10-13)11-22-25-17-16-18(24-19(20)23-17)27(12-21-16)15-6-8-26(9-7-15)30(2,28)29/h3-5,10-12,15H,6-9H2,1-2H3,(H,23,24,25)/b22-11+. The van der Waals surface area contributed by atoms with E-state index in [4.69, 9.17) is 11.6 Å². The van der Waals surface area contributed by atoms with Crippen LogP contribution >= 0.6 is 11.6 Å². The van der Waals surface area contributed by atoms with Crippen LogP contribution in [0.25, 0.3) is 11.2 Å². The number of benzene rings is 1. The minimum atomic E-state index is -3.17. The molecule has 1 N–H and O–H groups in total. The molecule has 1 aromatic carbocycles. The predicted molar refractivity (Wildman–Crippen MR) is 117 cm³/mol. The van der Waals surface area contributed by atoms with E-state index in [1.165, 1.54) is 10.6 Å². The van der Waals surface area contributed by atoms with Crippen molar-refractivity contribution in [1.29, 1.82) is 0 Å². The molecule has 0 spiro atoms. The maximum Gasteiger partial charge on any atom is 0.226 e. The predicted octanol–water partition coefficient (Wildman–Crippen LogP) is 2.83. The Labute approximate surface area is 179 Å². The van der Waals surface area contributed by atoms with Gasteiger partial charge < -0.3 is 4.57 Å². The number of halogens is 1. The number of fused-ring (bicyclic) bond motifs is 1. The average Bonchev–Trinajstić information content (AvgIpc) is 3.11. The Morgan fingerprint density at radius 3 is 2.73 bits per heavy atom. The van der Waals surface area contributed by atoms with Crippen LogP contribution in [0.3, 0.4) is 0 Å². The van der Waals surface area contributed by atoms with Crippen LogP contribution in [0.5, 0.6) is 0 Å². The van der Waals surface area contributed by atoms with E-state index < -0.39 is 10.0 Å². The van der Waals surface area contributed by atoms with Crippen LogP contribution in [0.1, 0.15) is 30.0 Å². The lowest BCUT2D eigenvalue weighted by molar-refractivity contribution is 0.278. The SMILES string of the molecule is Cc1cccc(/C=N/Nc2nc(Cl)nc3c2ncn3C2CCN(S(C)(=O)=O)CC2)c1. The molecule has 9 nitrogen and oxygen atoms in total.